The van der Waals surface area contributed by atoms with Crippen LogP contribution in [0.15, 0.2) is 24.3 Å². The number of benzene rings is 1. The van der Waals surface area contributed by atoms with Crippen LogP contribution >= 0.6 is 0 Å². The standard InChI is InChI=1S/C18H27N3O5/c1-17(2,3)20-15(22)14(11-19-16(23)26-18(4,5)6)12-7-9-13(10-8-12)21(24)25/h7-10,14H,11H2,1-6H3,(H,19,23)(H,20,22)/t14-/m0/s1. The van der Waals surface area contributed by atoms with Gasteiger partial charge in [0.1, 0.15) is 5.60 Å². The first-order valence-corrected chi connectivity index (χ1v) is 8.32. The molecule has 0 aliphatic rings. The third kappa shape index (κ3) is 7.50. The third-order valence-electron chi connectivity index (χ3n) is 3.17. The van der Waals surface area contributed by atoms with E-state index in [0.29, 0.717) is 5.56 Å². The molecule has 0 radical (unpaired) electrons. The van der Waals surface area contributed by atoms with Gasteiger partial charge in [0.25, 0.3) is 5.69 Å². The minimum Gasteiger partial charge on any atom is -0.444 e. The lowest BCUT2D eigenvalue weighted by atomic mass is 9.96. The Balaban J connectivity index is 2.97. The zero-order chi connectivity index (χ0) is 20.1. The molecule has 26 heavy (non-hydrogen) atoms. The van der Waals surface area contributed by atoms with Crippen molar-refractivity contribution in [2.75, 3.05) is 6.54 Å². The largest absolute Gasteiger partial charge is 0.444 e. The molecule has 0 unspecified atom stereocenters. The summed E-state index contributed by atoms with van der Waals surface area (Å²) < 4.78 is 5.18. The number of nitro benzene ring substituents is 1. The number of nitro groups is 1. The van der Waals surface area contributed by atoms with Crippen molar-refractivity contribution in [3.8, 4) is 0 Å². The van der Waals surface area contributed by atoms with Gasteiger partial charge in [-0.05, 0) is 47.1 Å². The van der Waals surface area contributed by atoms with Gasteiger partial charge in [-0.25, -0.2) is 4.79 Å². The Labute approximate surface area is 153 Å². The average Bonchev–Trinajstić information content (AvgIpc) is 2.44. The lowest BCUT2D eigenvalue weighted by Gasteiger charge is -2.26. The van der Waals surface area contributed by atoms with Crippen molar-refractivity contribution in [3.05, 3.63) is 39.9 Å². The van der Waals surface area contributed by atoms with E-state index in [4.69, 9.17) is 4.74 Å². The maximum atomic E-state index is 12.6. The number of rotatable bonds is 5. The van der Waals surface area contributed by atoms with Crippen LogP contribution in [0.1, 0.15) is 53.0 Å². The second-order valence-electron chi connectivity index (χ2n) is 8.02. The molecular formula is C18H27N3O5. The van der Waals surface area contributed by atoms with E-state index in [2.05, 4.69) is 10.6 Å². The first-order chi connectivity index (χ1) is 11.8. The Morgan fingerprint density at radius 1 is 1.12 bits per heavy atom. The fourth-order valence-electron chi connectivity index (χ4n) is 2.15. The summed E-state index contributed by atoms with van der Waals surface area (Å²) in [5.41, 5.74) is -0.611. The molecule has 1 aromatic rings. The zero-order valence-corrected chi connectivity index (χ0v) is 16.1. The van der Waals surface area contributed by atoms with E-state index in [1.54, 1.807) is 20.8 Å². The Morgan fingerprint density at radius 3 is 2.08 bits per heavy atom. The van der Waals surface area contributed by atoms with Crippen LogP contribution in [0, 0.1) is 10.1 Å². The van der Waals surface area contributed by atoms with Gasteiger partial charge in [0, 0.05) is 24.2 Å². The number of carbonyl (C=O) groups is 2. The molecule has 0 aliphatic carbocycles. The van der Waals surface area contributed by atoms with Crippen LogP contribution in [0.2, 0.25) is 0 Å². The summed E-state index contributed by atoms with van der Waals surface area (Å²) in [6.45, 7) is 10.8. The van der Waals surface area contributed by atoms with Crippen LogP contribution in [-0.4, -0.2) is 34.6 Å². The van der Waals surface area contributed by atoms with Crippen molar-refractivity contribution >= 4 is 17.7 Å². The minimum atomic E-state index is -0.706. The lowest BCUT2D eigenvalue weighted by molar-refractivity contribution is -0.384. The van der Waals surface area contributed by atoms with Gasteiger partial charge in [-0.1, -0.05) is 12.1 Å². The summed E-state index contributed by atoms with van der Waals surface area (Å²) >= 11 is 0. The van der Waals surface area contributed by atoms with Gasteiger partial charge in [0.15, 0.2) is 0 Å². The Morgan fingerprint density at radius 2 is 1.65 bits per heavy atom. The van der Waals surface area contributed by atoms with Gasteiger partial charge >= 0.3 is 6.09 Å². The molecule has 0 spiro atoms. The first kappa shape index (κ1) is 21.4. The van der Waals surface area contributed by atoms with Crippen LogP contribution in [0.4, 0.5) is 10.5 Å². The topological polar surface area (TPSA) is 111 Å². The predicted molar refractivity (Wildman–Crippen MR) is 98.0 cm³/mol. The normalized spacial score (nSPS) is 12.8. The maximum Gasteiger partial charge on any atom is 0.407 e. The maximum absolute atomic E-state index is 12.6. The second-order valence-corrected chi connectivity index (χ2v) is 8.02. The van der Waals surface area contributed by atoms with Crippen LogP contribution in [0.5, 0.6) is 0 Å². The summed E-state index contributed by atoms with van der Waals surface area (Å²) in [5, 5.41) is 16.3. The molecule has 0 aliphatic heterocycles. The van der Waals surface area contributed by atoms with E-state index in [-0.39, 0.29) is 18.1 Å². The SMILES string of the molecule is CC(C)(C)NC(=O)[C@@H](CNC(=O)OC(C)(C)C)c1ccc([N+](=O)[O-])cc1. The number of amides is 2. The molecule has 2 N–H and O–H groups in total. The van der Waals surface area contributed by atoms with Crippen molar-refractivity contribution < 1.29 is 19.2 Å². The molecule has 8 nitrogen and oxygen atoms in total. The number of nitrogens with zero attached hydrogens (tertiary/aromatic N) is 1. The van der Waals surface area contributed by atoms with Crippen molar-refractivity contribution in [1.82, 2.24) is 10.6 Å². The third-order valence-corrected chi connectivity index (χ3v) is 3.17. The van der Waals surface area contributed by atoms with E-state index in [1.165, 1.54) is 24.3 Å². The van der Waals surface area contributed by atoms with Crippen molar-refractivity contribution in [2.45, 2.75) is 58.6 Å². The summed E-state index contributed by atoms with van der Waals surface area (Å²) in [4.78, 5) is 34.8. The van der Waals surface area contributed by atoms with Gasteiger partial charge in [-0.15, -0.1) is 0 Å². The number of hydrogen-bond acceptors (Lipinski definition) is 5. The number of ether oxygens (including phenoxy) is 1. The lowest BCUT2D eigenvalue weighted by Crippen LogP contribution is -2.46. The highest BCUT2D eigenvalue weighted by Crippen LogP contribution is 2.21. The fraction of sp³-hybridized carbons (Fsp3) is 0.556. The van der Waals surface area contributed by atoms with Crippen molar-refractivity contribution in [3.63, 3.8) is 0 Å². The number of hydrogen-bond donors (Lipinski definition) is 2. The number of non-ortho nitro benzene ring substituents is 1. The van der Waals surface area contributed by atoms with Crippen LogP contribution in [0.25, 0.3) is 0 Å². The Bertz CT molecular complexity index is 657. The van der Waals surface area contributed by atoms with E-state index in [1.807, 2.05) is 20.8 Å². The molecule has 0 heterocycles. The smallest absolute Gasteiger partial charge is 0.407 e. The minimum absolute atomic E-state index is 0.00857. The molecule has 8 heteroatoms. The van der Waals surface area contributed by atoms with E-state index >= 15 is 0 Å². The molecule has 0 saturated heterocycles. The predicted octanol–water partition coefficient (Wildman–Crippen LogP) is 3.12. The van der Waals surface area contributed by atoms with Crippen molar-refractivity contribution in [1.29, 1.82) is 0 Å². The van der Waals surface area contributed by atoms with Gasteiger partial charge in [-0.2, -0.15) is 0 Å². The quantitative estimate of drug-likeness (QED) is 0.615. The molecule has 2 amide bonds. The number of alkyl carbamates (subject to hydrolysis) is 1. The molecule has 1 atom stereocenters. The Hall–Kier alpha value is -2.64. The van der Waals surface area contributed by atoms with Crippen molar-refractivity contribution in [2.24, 2.45) is 0 Å². The van der Waals surface area contributed by atoms with E-state index in [9.17, 15) is 19.7 Å². The highest BCUT2D eigenvalue weighted by atomic mass is 16.6. The highest BCUT2D eigenvalue weighted by Gasteiger charge is 2.26. The number of nitrogens with one attached hydrogen (secondary N) is 2. The molecule has 0 aromatic heterocycles. The fourth-order valence-corrected chi connectivity index (χ4v) is 2.15. The summed E-state index contributed by atoms with van der Waals surface area (Å²) in [6, 6.07) is 5.70. The molecule has 0 bridgehead atoms. The Kier molecular flexibility index (Phi) is 6.72. The second kappa shape index (κ2) is 8.16. The van der Waals surface area contributed by atoms with Crippen LogP contribution in [0.3, 0.4) is 0 Å². The first-order valence-electron chi connectivity index (χ1n) is 8.32. The van der Waals surface area contributed by atoms with Gasteiger partial charge < -0.3 is 15.4 Å². The summed E-state index contributed by atoms with van der Waals surface area (Å²) in [6.07, 6.45) is -0.632. The summed E-state index contributed by atoms with van der Waals surface area (Å²) in [7, 11) is 0. The van der Waals surface area contributed by atoms with E-state index < -0.39 is 28.1 Å². The summed E-state index contributed by atoms with van der Waals surface area (Å²) in [5.74, 6) is -0.995. The molecule has 0 fully saturated rings. The monoisotopic (exact) mass is 365 g/mol. The zero-order valence-electron chi connectivity index (χ0n) is 16.1. The van der Waals surface area contributed by atoms with Crippen LogP contribution < -0.4 is 10.6 Å². The van der Waals surface area contributed by atoms with Crippen LogP contribution in [-0.2, 0) is 9.53 Å². The molecule has 0 saturated carbocycles. The van der Waals surface area contributed by atoms with E-state index in [0.717, 1.165) is 0 Å². The van der Waals surface area contributed by atoms with Gasteiger partial charge in [0.05, 0.1) is 10.8 Å². The van der Waals surface area contributed by atoms with Gasteiger partial charge in [0.2, 0.25) is 5.91 Å². The molecule has 1 aromatic carbocycles. The van der Waals surface area contributed by atoms with Gasteiger partial charge in [-0.3, -0.25) is 14.9 Å². The average molecular weight is 365 g/mol. The number of carbonyl (C=O) groups excluding carboxylic acids is 2. The molecule has 144 valence electrons. The highest BCUT2D eigenvalue weighted by molar-refractivity contribution is 5.85. The molecule has 1 rings (SSSR count). The molecular weight excluding hydrogens is 338 g/mol.